The van der Waals surface area contributed by atoms with E-state index in [1.807, 2.05) is 10.6 Å². The van der Waals surface area contributed by atoms with E-state index in [9.17, 15) is 19.8 Å². The number of hydrogen-bond acceptors (Lipinski definition) is 8. The summed E-state index contributed by atoms with van der Waals surface area (Å²) in [5.41, 5.74) is 2.74. The zero-order valence-electron chi connectivity index (χ0n) is 25.2. The van der Waals surface area contributed by atoms with Gasteiger partial charge in [0.25, 0.3) is 0 Å². The highest BCUT2D eigenvalue weighted by molar-refractivity contribution is 5.92. The highest BCUT2D eigenvalue weighted by Gasteiger charge is 2.22. The number of ether oxygens (including phenoxy) is 5. The van der Waals surface area contributed by atoms with Crippen molar-refractivity contribution >= 4 is 18.0 Å². The molecule has 0 atom stereocenters. The fraction of sp³-hybridized carbons (Fsp3) is 0.265. The number of rotatable bonds is 14. The summed E-state index contributed by atoms with van der Waals surface area (Å²) in [5.74, 6) is 1.17. The molecule has 2 N–H and O–H groups in total. The van der Waals surface area contributed by atoms with Crippen molar-refractivity contribution < 1.29 is 43.5 Å². The van der Waals surface area contributed by atoms with Crippen molar-refractivity contribution in [3.05, 3.63) is 94.6 Å². The van der Waals surface area contributed by atoms with Crippen molar-refractivity contribution in [3.63, 3.8) is 0 Å². The number of carboxylic acids is 2. The predicted molar refractivity (Wildman–Crippen MR) is 165 cm³/mol. The van der Waals surface area contributed by atoms with E-state index in [1.54, 1.807) is 61.8 Å². The lowest BCUT2D eigenvalue weighted by atomic mass is 10.0. The molecule has 234 valence electrons. The maximum atomic E-state index is 12.6. The van der Waals surface area contributed by atoms with Gasteiger partial charge in [-0.05, 0) is 48.4 Å². The maximum absolute atomic E-state index is 12.6. The Hall–Kier alpha value is -5.45. The van der Waals surface area contributed by atoms with E-state index >= 15 is 0 Å². The molecule has 0 fully saturated rings. The van der Waals surface area contributed by atoms with Gasteiger partial charge >= 0.3 is 11.9 Å². The summed E-state index contributed by atoms with van der Waals surface area (Å²) < 4.78 is 30.1. The van der Waals surface area contributed by atoms with E-state index in [4.69, 9.17) is 23.7 Å². The topological polar surface area (TPSA) is 139 Å². The number of benzene rings is 3. The molecule has 11 nitrogen and oxygen atoms in total. The van der Waals surface area contributed by atoms with Crippen LogP contribution in [-0.4, -0.2) is 52.7 Å². The number of imidazole rings is 1. The van der Waals surface area contributed by atoms with Crippen LogP contribution in [0.1, 0.15) is 52.8 Å². The van der Waals surface area contributed by atoms with Gasteiger partial charge in [-0.2, -0.15) is 0 Å². The largest absolute Gasteiger partial charge is 0.497 e. The van der Waals surface area contributed by atoms with Crippen LogP contribution in [0.4, 0.5) is 0 Å². The van der Waals surface area contributed by atoms with Crippen LogP contribution in [0.25, 0.3) is 11.8 Å². The smallest absolute Gasteiger partial charge is 0.335 e. The molecule has 1 aliphatic rings. The molecule has 1 aromatic heterocycles. The molecular weight excluding hydrogens is 580 g/mol. The first-order valence-corrected chi connectivity index (χ1v) is 14.4. The van der Waals surface area contributed by atoms with Crippen LogP contribution in [0.3, 0.4) is 0 Å². The summed E-state index contributed by atoms with van der Waals surface area (Å²) in [6.45, 7) is 2.26. The van der Waals surface area contributed by atoms with Gasteiger partial charge in [0.05, 0.1) is 37.4 Å². The van der Waals surface area contributed by atoms with Crippen LogP contribution in [0.5, 0.6) is 28.7 Å². The Labute approximate surface area is 260 Å². The Bertz CT molecular complexity index is 1740. The second kappa shape index (κ2) is 13.9. The zero-order chi connectivity index (χ0) is 31.9. The lowest BCUT2D eigenvalue weighted by molar-refractivity contribution is -0.132. The highest BCUT2D eigenvalue weighted by atomic mass is 16.7. The zero-order valence-corrected chi connectivity index (χ0v) is 25.2. The van der Waals surface area contributed by atoms with Crippen LogP contribution in [0.2, 0.25) is 0 Å². The van der Waals surface area contributed by atoms with E-state index in [1.165, 1.54) is 13.2 Å². The average molecular weight is 615 g/mol. The molecule has 0 amide bonds. The third-order valence-corrected chi connectivity index (χ3v) is 7.35. The number of carboxylic acid groups (broad SMARTS) is 2. The minimum atomic E-state index is -1.10. The van der Waals surface area contributed by atoms with Gasteiger partial charge in [0, 0.05) is 36.1 Å². The molecule has 4 aromatic rings. The molecule has 11 heteroatoms. The van der Waals surface area contributed by atoms with Gasteiger partial charge < -0.3 is 33.9 Å². The monoisotopic (exact) mass is 614 g/mol. The second-order valence-electron chi connectivity index (χ2n) is 10.3. The van der Waals surface area contributed by atoms with E-state index < -0.39 is 11.9 Å². The normalized spacial score (nSPS) is 12.2. The molecule has 0 spiro atoms. The first-order valence-electron chi connectivity index (χ1n) is 14.4. The summed E-state index contributed by atoms with van der Waals surface area (Å²) in [6.07, 6.45) is 5.75. The van der Waals surface area contributed by atoms with Crippen molar-refractivity contribution in [2.24, 2.45) is 0 Å². The minimum absolute atomic E-state index is 0.0521. The molecule has 0 saturated carbocycles. The number of aromatic nitrogens is 2. The molecule has 0 bridgehead atoms. The summed E-state index contributed by atoms with van der Waals surface area (Å²) in [7, 11) is 3.07. The molecule has 5 rings (SSSR count). The molecule has 0 aliphatic carbocycles. The first-order chi connectivity index (χ1) is 21.8. The third-order valence-electron chi connectivity index (χ3n) is 7.35. The van der Waals surface area contributed by atoms with Crippen molar-refractivity contribution in [1.29, 1.82) is 0 Å². The number of unbranched alkanes of at least 4 members (excludes halogenated alkanes) is 1. The predicted octanol–water partition coefficient (Wildman–Crippen LogP) is 5.95. The van der Waals surface area contributed by atoms with Gasteiger partial charge in [0.15, 0.2) is 11.5 Å². The molecular formula is C34H34N2O9. The number of aromatic carboxylic acids is 1. The number of hydrogen-bond donors (Lipinski definition) is 2. The first kappa shape index (κ1) is 31.0. The lowest BCUT2D eigenvalue weighted by Crippen LogP contribution is -2.09. The number of aryl methyl sites for hydroxylation is 1. The van der Waals surface area contributed by atoms with Gasteiger partial charge in [-0.3, -0.25) is 4.57 Å². The van der Waals surface area contributed by atoms with Gasteiger partial charge in [0.1, 0.15) is 29.7 Å². The molecule has 2 heterocycles. The number of aliphatic carboxylic acids is 1. The number of nitrogens with zero attached hydrogens (tertiary/aromatic N) is 2. The van der Waals surface area contributed by atoms with Crippen molar-refractivity contribution in [2.75, 3.05) is 21.0 Å². The number of methoxy groups -OCH3 is 2. The fourth-order valence-corrected chi connectivity index (χ4v) is 5.04. The molecule has 0 saturated heterocycles. The van der Waals surface area contributed by atoms with Crippen LogP contribution in [-0.2, 0) is 24.2 Å². The third kappa shape index (κ3) is 7.04. The van der Waals surface area contributed by atoms with Crippen molar-refractivity contribution in [1.82, 2.24) is 9.55 Å². The Kier molecular flexibility index (Phi) is 9.57. The summed E-state index contributed by atoms with van der Waals surface area (Å²) >= 11 is 0. The van der Waals surface area contributed by atoms with Crippen LogP contribution in [0.15, 0.2) is 66.4 Å². The summed E-state index contributed by atoms with van der Waals surface area (Å²) in [6, 6.07) is 15.3. The Morgan fingerprint density at radius 2 is 1.80 bits per heavy atom. The van der Waals surface area contributed by atoms with E-state index in [2.05, 4.69) is 11.9 Å². The Morgan fingerprint density at radius 1 is 1.00 bits per heavy atom. The molecule has 3 aromatic carbocycles. The van der Waals surface area contributed by atoms with Gasteiger partial charge in [0.2, 0.25) is 6.79 Å². The van der Waals surface area contributed by atoms with Crippen molar-refractivity contribution in [2.45, 2.75) is 39.2 Å². The number of carbonyl (C=O) groups is 2. The lowest BCUT2D eigenvalue weighted by Gasteiger charge is -2.18. The molecule has 0 unspecified atom stereocenters. The molecule has 45 heavy (non-hydrogen) atoms. The van der Waals surface area contributed by atoms with E-state index in [0.29, 0.717) is 57.7 Å². The SMILES string of the molecule is CCCCc1ncc(C=C(Cc2cc3c(cc2OC)OCO3)C(=O)O)n1-c1ccc(OC)cc1OCc1cccc(C(=O)O)c1. The van der Waals surface area contributed by atoms with E-state index in [0.717, 1.165) is 18.7 Å². The summed E-state index contributed by atoms with van der Waals surface area (Å²) in [4.78, 5) is 28.7. The standard InChI is InChI=1S/C34H34N2O9/c1-4-5-9-32-35-18-25(14-24(34(39)40)13-23-15-30-31(45-20-44-30)17-28(23)42-3)36(32)27-11-10-26(41-2)16-29(27)43-19-21-7-6-8-22(12-21)33(37)38/h6-8,10-12,14-18H,4-5,9,13,19-20H2,1-3H3,(H,37,38)(H,39,40). The highest BCUT2D eigenvalue weighted by Crippen LogP contribution is 2.39. The molecule has 1 aliphatic heterocycles. The van der Waals surface area contributed by atoms with Gasteiger partial charge in [-0.25, -0.2) is 14.6 Å². The quantitative estimate of drug-likeness (QED) is 0.164. The van der Waals surface area contributed by atoms with Crippen molar-refractivity contribution in [3.8, 4) is 34.4 Å². The fourth-order valence-electron chi connectivity index (χ4n) is 5.04. The van der Waals surface area contributed by atoms with Gasteiger partial charge in [-0.1, -0.05) is 25.5 Å². The van der Waals surface area contributed by atoms with Crippen LogP contribution in [0, 0.1) is 0 Å². The second-order valence-corrected chi connectivity index (χ2v) is 10.3. The number of fused-ring (bicyclic) bond motifs is 1. The van der Waals surface area contributed by atoms with E-state index in [-0.39, 0.29) is 31.0 Å². The van der Waals surface area contributed by atoms with Gasteiger partial charge in [-0.15, -0.1) is 0 Å². The molecule has 0 radical (unpaired) electrons. The summed E-state index contributed by atoms with van der Waals surface area (Å²) in [5, 5.41) is 19.7. The Morgan fingerprint density at radius 3 is 2.51 bits per heavy atom. The average Bonchev–Trinajstić information content (AvgIpc) is 3.68. The maximum Gasteiger partial charge on any atom is 0.335 e. The Balaban J connectivity index is 1.56. The van der Waals surface area contributed by atoms with Crippen LogP contribution >= 0.6 is 0 Å². The minimum Gasteiger partial charge on any atom is -0.497 e. The van der Waals surface area contributed by atoms with Crippen LogP contribution < -0.4 is 23.7 Å².